The molecule has 2 aromatic rings. The first-order chi connectivity index (χ1) is 10.2. The summed E-state index contributed by atoms with van der Waals surface area (Å²) in [5, 5.41) is 11.7. The lowest BCUT2D eigenvalue weighted by atomic mass is 10.1. The number of nitrogens with zero attached hydrogens (tertiary/aromatic N) is 1. The fraction of sp³-hybridized carbons (Fsp3) is 0.176. The standard InChI is InChI=1S/C17H16N2O2/c1-2-21-12-15-7-3-4-9-16(15)19-17(20)14-8-5-6-13(10-14)11-18/h3-10H,2,12H2,1H3,(H,19,20). The summed E-state index contributed by atoms with van der Waals surface area (Å²) in [4.78, 5) is 12.2. The Bertz CT molecular complexity index is 674. The number of para-hydroxylation sites is 1. The molecular formula is C17H16N2O2. The number of carbonyl (C=O) groups excluding carboxylic acids is 1. The van der Waals surface area contributed by atoms with Crippen molar-refractivity contribution in [1.29, 1.82) is 5.26 Å². The van der Waals surface area contributed by atoms with Gasteiger partial charge in [-0.3, -0.25) is 4.79 Å². The van der Waals surface area contributed by atoms with Gasteiger partial charge in [-0.25, -0.2) is 0 Å². The smallest absolute Gasteiger partial charge is 0.255 e. The lowest BCUT2D eigenvalue weighted by molar-refractivity contribution is 0.102. The molecule has 0 aliphatic carbocycles. The van der Waals surface area contributed by atoms with Crippen LogP contribution in [0.5, 0.6) is 0 Å². The molecule has 0 fully saturated rings. The third kappa shape index (κ3) is 3.91. The molecule has 0 radical (unpaired) electrons. The summed E-state index contributed by atoms with van der Waals surface area (Å²) in [6, 6.07) is 16.1. The minimum atomic E-state index is -0.240. The van der Waals surface area contributed by atoms with E-state index in [2.05, 4.69) is 5.32 Å². The maximum Gasteiger partial charge on any atom is 0.255 e. The molecule has 0 heterocycles. The fourth-order valence-electron chi connectivity index (χ4n) is 1.90. The molecular weight excluding hydrogens is 264 g/mol. The number of anilines is 1. The second-order valence-electron chi connectivity index (χ2n) is 4.44. The van der Waals surface area contributed by atoms with Gasteiger partial charge < -0.3 is 10.1 Å². The Morgan fingerprint density at radius 2 is 2.05 bits per heavy atom. The van der Waals surface area contributed by atoms with Gasteiger partial charge in [-0.05, 0) is 31.2 Å². The van der Waals surface area contributed by atoms with Crippen molar-refractivity contribution in [2.75, 3.05) is 11.9 Å². The summed E-state index contributed by atoms with van der Waals surface area (Å²) in [5.41, 5.74) is 2.56. The first kappa shape index (κ1) is 14.8. The monoisotopic (exact) mass is 280 g/mol. The van der Waals surface area contributed by atoms with Crippen LogP contribution < -0.4 is 5.32 Å². The van der Waals surface area contributed by atoms with Crippen LogP contribution >= 0.6 is 0 Å². The molecule has 1 N–H and O–H groups in total. The first-order valence-electron chi connectivity index (χ1n) is 6.71. The van der Waals surface area contributed by atoms with Crippen LogP contribution in [0.15, 0.2) is 48.5 Å². The van der Waals surface area contributed by atoms with Crippen molar-refractivity contribution in [1.82, 2.24) is 0 Å². The molecule has 0 atom stereocenters. The molecule has 0 bridgehead atoms. The normalized spacial score (nSPS) is 9.90. The van der Waals surface area contributed by atoms with E-state index < -0.39 is 0 Å². The molecule has 2 aromatic carbocycles. The van der Waals surface area contributed by atoms with Crippen LogP contribution in [0.1, 0.15) is 28.4 Å². The van der Waals surface area contributed by atoms with Crippen LogP contribution in [0.3, 0.4) is 0 Å². The number of carbonyl (C=O) groups is 1. The average molecular weight is 280 g/mol. The van der Waals surface area contributed by atoms with E-state index in [4.69, 9.17) is 10.00 Å². The number of hydrogen-bond donors (Lipinski definition) is 1. The molecule has 4 nitrogen and oxygen atoms in total. The SMILES string of the molecule is CCOCc1ccccc1NC(=O)c1cccc(C#N)c1. The topological polar surface area (TPSA) is 62.1 Å². The van der Waals surface area contributed by atoms with Gasteiger partial charge in [-0.1, -0.05) is 24.3 Å². The van der Waals surface area contributed by atoms with Crippen molar-refractivity contribution in [3.63, 3.8) is 0 Å². The Morgan fingerprint density at radius 3 is 2.81 bits per heavy atom. The number of nitrogens with one attached hydrogen (secondary N) is 1. The molecule has 1 amide bonds. The van der Waals surface area contributed by atoms with Crippen molar-refractivity contribution in [2.24, 2.45) is 0 Å². The Labute approximate surface area is 124 Å². The molecule has 0 unspecified atom stereocenters. The van der Waals surface area contributed by atoms with Crippen LogP contribution in [0.25, 0.3) is 0 Å². The summed E-state index contributed by atoms with van der Waals surface area (Å²) < 4.78 is 5.39. The Morgan fingerprint density at radius 1 is 1.24 bits per heavy atom. The molecule has 106 valence electrons. The van der Waals surface area contributed by atoms with Gasteiger partial charge in [0.15, 0.2) is 0 Å². The van der Waals surface area contributed by atoms with Crippen LogP contribution in [0.2, 0.25) is 0 Å². The Kier molecular flexibility index (Phi) is 5.08. The largest absolute Gasteiger partial charge is 0.377 e. The highest BCUT2D eigenvalue weighted by molar-refractivity contribution is 6.04. The van der Waals surface area contributed by atoms with E-state index in [9.17, 15) is 4.79 Å². The highest BCUT2D eigenvalue weighted by Gasteiger charge is 2.09. The number of rotatable bonds is 5. The minimum Gasteiger partial charge on any atom is -0.377 e. The van der Waals surface area contributed by atoms with Gasteiger partial charge in [-0.15, -0.1) is 0 Å². The highest BCUT2D eigenvalue weighted by atomic mass is 16.5. The summed E-state index contributed by atoms with van der Waals surface area (Å²) >= 11 is 0. The van der Waals surface area contributed by atoms with E-state index in [1.807, 2.05) is 37.3 Å². The maximum absolute atomic E-state index is 12.2. The molecule has 21 heavy (non-hydrogen) atoms. The summed E-state index contributed by atoms with van der Waals surface area (Å²) in [6.45, 7) is 2.99. The Balaban J connectivity index is 2.17. The number of ether oxygens (including phenoxy) is 1. The highest BCUT2D eigenvalue weighted by Crippen LogP contribution is 2.17. The minimum absolute atomic E-state index is 0.240. The molecule has 4 heteroatoms. The van der Waals surface area contributed by atoms with Gasteiger partial charge in [-0.2, -0.15) is 5.26 Å². The van der Waals surface area contributed by atoms with Crippen LogP contribution in [0.4, 0.5) is 5.69 Å². The second-order valence-corrected chi connectivity index (χ2v) is 4.44. The first-order valence-corrected chi connectivity index (χ1v) is 6.71. The zero-order valence-electron chi connectivity index (χ0n) is 11.8. The second kappa shape index (κ2) is 7.22. The summed E-state index contributed by atoms with van der Waals surface area (Å²) in [6.07, 6.45) is 0. The van der Waals surface area contributed by atoms with Gasteiger partial charge in [0.05, 0.1) is 18.2 Å². The van der Waals surface area contributed by atoms with E-state index in [0.717, 1.165) is 11.3 Å². The quantitative estimate of drug-likeness (QED) is 0.913. The number of benzene rings is 2. The van der Waals surface area contributed by atoms with Crippen LogP contribution in [-0.2, 0) is 11.3 Å². The van der Waals surface area contributed by atoms with E-state index in [1.165, 1.54) is 0 Å². The Hall–Kier alpha value is -2.64. The van der Waals surface area contributed by atoms with E-state index >= 15 is 0 Å². The van der Waals surface area contributed by atoms with Crippen LogP contribution in [-0.4, -0.2) is 12.5 Å². The third-order valence-corrected chi connectivity index (χ3v) is 2.98. The third-order valence-electron chi connectivity index (χ3n) is 2.98. The van der Waals surface area contributed by atoms with Gasteiger partial charge in [0.1, 0.15) is 0 Å². The van der Waals surface area contributed by atoms with E-state index in [-0.39, 0.29) is 5.91 Å². The average Bonchev–Trinajstić information content (AvgIpc) is 2.54. The molecule has 0 aromatic heterocycles. The number of nitriles is 1. The van der Waals surface area contributed by atoms with Crippen molar-refractivity contribution in [3.8, 4) is 6.07 Å². The molecule has 0 aliphatic rings. The predicted molar refractivity (Wildman–Crippen MR) is 80.9 cm³/mol. The van der Waals surface area contributed by atoms with Gasteiger partial charge in [0, 0.05) is 23.4 Å². The lowest BCUT2D eigenvalue weighted by Gasteiger charge is -2.11. The summed E-state index contributed by atoms with van der Waals surface area (Å²) in [7, 11) is 0. The molecule has 0 saturated heterocycles. The number of hydrogen-bond acceptors (Lipinski definition) is 3. The molecule has 0 spiro atoms. The van der Waals surface area contributed by atoms with Crippen LogP contribution in [0, 0.1) is 11.3 Å². The number of amides is 1. The summed E-state index contributed by atoms with van der Waals surface area (Å²) in [5.74, 6) is -0.240. The van der Waals surface area contributed by atoms with Gasteiger partial charge >= 0.3 is 0 Å². The van der Waals surface area contributed by atoms with Gasteiger partial charge in [0.2, 0.25) is 0 Å². The molecule has 0 aliphatic heterocycles. The zero-order chi connectivity index (χ0) is 15.1. The molecule has 0 saturated carbocycles. The lowest BCUT2D eigenvalue weighted by Crippen LogP contribution is -2.13. The fourth-order valence-corrected chi connectivity index (χ4v) is 1.90. The predicted octanol–water partition coefficient (Wildman–Crippen LogP) is 3.35. The zero-order valence-corrected chi connectivity index (χ0v) is 11.8. The van der Waals surface area contributed by atoms with Crippen molar-refractivity contribution in [3.05, 3.63) is 65.2 Å². The maximum atomic E-state index is 12.2. The van der Waals surface area contributed by atoms with E-state index in [1.54, 1.807) is 24.3 Å². The van der Waals surface area contributed by atoms with Crippen molar-refractivity contribution in [2.45, 2.75) is 13.5 Å². The van der Waals surface area contributed by atoms with Crippen molar-refractivity contribution >= 4 is 11.6 Å². The van der Waals surface area contributed by atoms with E-state index in [0.29, 0.717) is 24.3 Å². The molecule has 2 rings (SSSR count). The van der Waals surface area contributed by atoms with Crippen molar-refractivity contribution < 1.29 is 9.53 Å². The van der Waals surface area contributed by atoms with Gasteiger partial charge in [0.25, 0.3) is 5.91 Å².